The molecule has 1 aliphatic carbocycles. The molecule has 0 aromatic heterocycles. The highest BCUT2D eigenvalue weighted by Crippen LogP contribution is 2.46. The van der Waals surface area contributed by atoms with E-state index in [9.17, 15) is 45.0 Å². The van der Waals surface area contributed by atoms with Crippen LogP contribution in [0.5, 0.6) is 0 Å². The third-order valence-corrected chi connectivity index (χ3v) is 6.70. The van der Waals surface area contributed by atoms with Crippen LogP contribution in [0.3, 0.4) is 0 Å². The van der Waals surface area contributed by atoms with Crippen LogP contribution in [0.15, 0.2) is 91.0 Å². The predicted octanol–water partition coefficient (Wildman–Crippen LogP) is -0.0753. The first-order valence-electron chi connectivity index (χ1n) is 11.0. The number of aliphatic hydroxyl groups excluding tert-OH is 3. The fourth-order valence-corrected chi connectivity index (χ4v) is 4.66. The van der Waals surface area contributed by atoms with Gasteiger partial charge in [-0.25, -0.2) is 0 Å². The van der Waals surface area contributed by atoms with Crippen LogP contribution in [-0.4, -0.2) is 83.1 Å². The Bertz CT molecular complexity index is 1100. The molecule has 1 saturated carbocycles. The van der Waals surface area contributed by atoms with Gasteiger partial charge in [0, 0.05) is 16.7 Å². The van der Waals surface area contributed by atoms with Crippen molar-refractivity contribution in [2.24, 2.45) is 0 Å². The summed E-state index contributed by atoms with van der Waals surface area (Å²) >= 11 is 0. The average Bonchev–Trinajstić information content (AvgIpc) is 2.94. The third-order valence-electron chi connectivity index (χ3n) is 6.70. The molecule has 0 unspecified atom stereocenters. The van der Waals surface area contributed by atoms with Gasteiger partial charge in [-0.05, 0) is 0 Å². The minimum absolute atomic E-state index is 0.265. The van der Waals surface area contributed by atoms with Crippen molar-refractivity contribution < 1.29 is 45.0 Å². The number of ketones is 3. The second kappa shape index (κ2) is 9.14. The zero-order chi connectivity index (χ0) is 26.3. The summed E-state index contributed by atoms with van der Waals surface area (Å²) in [4.78, 5) is 40.3. The second-order valence-corrected chi connectivity index (χ2v) is 8.77. The standard InChI is InChI=1S/C27H24O9/c28-19(16-10-4-1-5-11-16)25(34)22(31)26(35,20(29)17-12-6-2-7-13-17)24(33)27(36,23(25)32)21(30)18-14-8-3-9-15-18/h1-15,22-24,31-36H. The smallest absolute Gasteiger partial charge is 0.200 e. The highest BCUT2D eigenvalue weighted by molar-refractivity contribution is 6.11. The zero-order valence-corrected chi connectivity index (χ0v) is 18.8. The molecule has 36 heavy (non-hydrogen) atoms. The number of rotatable bonds is 6. The lowest BCUT2D eigenvalue weighted by molar-refractivity contribution is -0.291. The van der Waals surface area contributed by atoms with Crippen molar-refractivity contribution >= 4 is 17.3 Å². The van der Waals surface area contributed by atoms with Crippen LogP contribution in [0.1, 0.15) is 31.1 Å². The van der Waals surface area contributed by atoms with Crippen molar-refractivity contribution in [2.45, 2.75) is 35.1 Å². The third kappa shape index (κ3) is 3.53. The maximum Gasteiger partial charge on any atom is 0.200 e. The largest absolute Gasteiger partial charge is 0.386 e. The Morgan fingerprint density at radius 1 is 0.444 bits per heavy atom. The number of carbonyl (C=O) groups excluding carboxylic acids is 3. The van der Waals surface area contributed by atoms with Crippen LogP contribution in [0.4, 0.5) is 0 Å². The van der Waals surface area contributed by atoms with E-state index < -0.39 is 52.5 Å². The van der Waals surface area contributed by atoms with Crippen molar-refractivity contribution in [1.29, 1.82) is 0 Å². The molecule has 0 amide bonds. The maximum absolute atomic E-state index is 13.4. The van der Waals surface area contributed by atoms with Gasteiger partial charge in [-0.15, -0.1) is 0 Å². The minimum atomic E-state index is -3.50. The molecule has 3 aromatic carbocycles. The Kier molecular flexibility index (Phi) is 6.48. The van der Waals surface area contributed by atoms with E-state index in [1.807, 2.05) is 0 Å². The molecule has 0 spiro atoms. The van der Waals surface area contributed by atoms with Gasteiger partial charge in [-0.3, -0.25) is 14.4 Å². The van der Waals surface area contributed by atoms with Gasteiger partial charge >= 0.3 is 0 Å². The lowest BCUT2D eigenvalue weighted by Gasteiger charge is -2.56. The van der Waals surface area contributed by atoms with Crippen LogP contribution in [0.2, 0.25) is 0 Å². The molecule has 0 saturated heterocycles. The molecule has 9 heteroatoms. The molecule has 1 fully saturated rings. The van der Waals surface area contributed by atoms with Gasteiger partial charge < -0.3 is 30.6 Å². The molecule has 4 rings (SSSR count). The van der Waals surface area contributed by atoms with Crippen LogP contribution < -0.4 is 0 Å². The Labute approximate surface area is 205 Å². The molecular formula is C27H24O9. The second-order valence-electron chi connectivity index (χ2n) is 8.77. The summed E-state index contributed by atoms with van der Waals surface area (Å²) < 4.78 is 0. The number of hydrogen-bond donors (Lipinski definition) is 6. The summed E-state index contributed by atoms with van der Waals surface area (Å²) in [6.45, 7) is 0. The van der Waals surface area contributed by atoms with E-state index in [1.165, 1.54) is 72.8 Å². The predicted molar refractivity (Wildman–Crippen MR) is 125 cm³/mol. The van der Waals surface area contributed by atoms with E-state index >= 15 is 0 Å². The van der Waals surface area contributed by atoms with E-state index in [4.69, 9.17) is 0 Å². The summed E-state index contributed by atoms with van der Waals surface area (Å²) in [5.74, 6) is -4.18. The monoisotopic (exact) mass is 492 g/mol. The van der Waals surface area contributed by atoms with E-state index in [0.29, 0.717) is 0 Å². The number of hydrogen-bond acceptors (Lipinski definition) is 9. The number of carbonyl (C=O) groups is 3. The molecule has 3 aromatic rings. The first-order chi connectivity index (χ1) is 17.0. The molecule has 0 heterocycles. The fraction of sp³-hybridized carbons (Fsp3) is 0.222. The number of aliphatic hydroxyl groups is 6. The van der Waals surface area contributed by atoms with E-state index in [2.05, 4.69) is 0 Å². The minimum Gasteiger partial charge on any atom is -0.386 e. The first-order valence-corrected chi connectivity index (χ1v) is 11.0. The van der Waals surface area contributed by atoms with Crippen molar-refractivity contribution in [2.75, 3.05) is 0 Å². The fourth-order valence-electron chi connectivity index (χ4n) is 4.66. The maximum atomic E-state index is 13.4. The lowest BCUT2D eigenvalue weighted by atomic mass is 9.56. The van der Waals surface area contributed by atoms with E-state index in [1.54, 1.807) is 18.2 Å². The summed E-state index contributed by atoms with van der Waals surface area (Å²) in [5.41, 5.74) is -11.3. The zero-order valence-electron chi connectivity index (χ0n) is 18.8. The molecule has 186 valence electrons. The summed E-state index contributed by atoms with van der Waals surface area (Å²) in [6, 6.07) is 20.4. The van der Waals surface area contributed by atoms with Gasteiger partial charge in [0.25, 0.3) is 0 Å². The van der Waals surface area contributed by atoms with E-state index in [-0.39, 0.29) is 16.7 Å². The van der Waals surface area contributed by atoms with Crippen LogP contribution in [-0.2, 0) is 0 Å². The molecule has 0 atom stereocenters. The molecule has 9 nitrogen and oxygen atoms in total. The topological polar surface area (TPSA) is 173 Å². The van der Waals surface area contributed by atoms with Gasteiger partial charge in [-0.2, -0.15) is 0 Å². The van der Waals surface area contributed by atoms with Gasteiger partial charge in [-0.1, -0.05) is 91.0 Å². The molecule has 6 N–H and O–H groups in total. The lowest BCUT2D eigenvalue weighted by Crippen LogP contribution is -2.86. The summed E-state index contributed by atoms with van der Waals surface area (Å²) in [5, 5.41) is 68.0. The summed E-state index contributed by atoms with van der Waals surface area (Å²) in [6.07, 6.45) is -8.59. The molecule has 0 aliphatic heterocycles. The molecule has 0 radical (unpaired) electrons. The Morgan fingerprint density at radius 2 is 0.639 bits per heavy atom. The summed E-state index contributed by atoms with van der Waals surface area (Å²) in [7, 11) is 0. The van der Waals surface area contributed by atoms with Gasteiger partial charge in [0.15, 0.2) is 34.2 Å². The number of Topliss-reactive ketones (excluding diaryl/α,β-unsaturated/α-hetero) is 3. The number of benzene rings is 3. The Balaban J connectivity index is 1.97. The molecular weight excluding hydrogens is 468 g/mol. The highest BCUT2D eigenvalue weighted by Gasteiger charge is 2.77. The van der Waals surface area contributed by atoms with Crippen LogP contribution >= 0.6 is 0 Å². The van der Waals surface area contributed by atoms with Crippen molar-refractivity contribution in [3.05, 3.63) is 108 Å². The van der Waals surface area contributed by atoms with Gasteiger partial charge in [0.2, 0.25) is 0 Å². The Hall–Kier alpha value is -3.57. The van der Waals surface area contributed by atoms with E-state index in [0.717, 1.165) is 0 Å². The normalized spacial score (nSPS) is 32.0. The van der Waals surface area contributed by atoms with Gasteiger partial charge in [0.05, 0.1) is 0 Å². The first kappa shape index (κ1) is 25.5. The van der Waals surface area contributed by atoms with Crippen molar-refractivity contribution in [1.82, 2.24) is 0 Å². The molecule has 1 aliphatic rings. The quantitative estimate of drug-likeness (QED) is 0.258. The van der Waals surface area contributed by atoms with Crippen LogP contribution in [0, 0.1) is 0 Å². The van der Waals surface area contributed by atoms with Crippen LogP contribution in [0.25, 0.3) is 0 Å². The average molecular weight is 492 g/mol. The Morgan fingerprint density at radius 3 is 0.833 bits per heavy atom. The molecule has 0 bridgehead atoms. The van der Waals surface area contributed by atoms with Crippen molar-refractivity contribution in [3.8, 4) is 0 Å². The van der Waals surface area contributed by atoms with Crippen molar-refractivity contribution in [3.63, 3.8) is 0 Å². The SMILES string of the molecule is O=C(c1ccccc1)C1(O)C(O)C(O)(C(=O)c2ccccc2)C(O)C(O)(C(=O)c2ccccc2)C1O. The van der Waals surface area contributed by atoms with Gasteiger partial charge in [0.1, 0.15) is 18.3 Å². The highest BCUT2D eigenvalue weighted by atomic mass is 16.5.